The van der Waals surface area contributed by atoms with Gasteiger partial charge in [0, 0.05) is 24.4 Å². The van der Waals surface area contributed by atoms with E-state index in [9.17, 15) is 13.2 Å². The molecule has 0 unspecified atom stereocenters. The maximum atomic E-state index is 12.4. The first-order chi connectivity index (χ1) is 10.0. The molecule has 0 aliphatic carbocycles. The molecule has 21 heavy (non-hydrogen) atoms. The molecule has 3 heterocycles. The lowest BCUT2D eigenvalue weighted by atomic mass is 10.1. The number of furan rings is 1. The average Bonchev–Trinajstić information content (AvgIpc) is 3.06. The Hall–Kier alpha value is -2.09. The summed E-state index contributed by atoms with van der Waals surface area (Å²) >= 11 is 0. The fourth-order valence-corrected chi connectivity index (χ4v) is 3.60. The van der Waals surface area contributed by atoms with Gasteiger partial charge in [-0.3, -0.25) is 9.89 Å². The van der Waals surface area contributed by atoms with Gasteiger partial charge in [-0.2, -0.15) is 5.10 Å². The number of aromatic amines is 1. The van der Waals surface area contributed by atoms with Crippen molar-refractivity contribution in [2.45, 2.75) is 12.2 Å². The van der Waals surface area contributed by atoms with Gasteiger partial charge in [-0.15, -0.1) is 0 Å². The molecule has 1 N–H and O–H groups in total. The SMILES string of the molecule is CCS(=O)(=O)C1CN(C(=O)c2cn[nH]c2-c2ccoc2)C1. The molecule has 2 aromatic heterocycles. The lowest BCUT2D eigenvalue weighted by Crippen LogP contribution is -2.57. The first-order valence-corrected chi connectivity index (χ1v) is 8.31. The standard InChI is InChI=1S/C13H15N3O4S/c1-2-21(18,19)10-6-16(7-10)13(17)11-5-14-15-12(11)9-3-4-20-8-9/h3-5,8,10H,2,6-7H2,1H3,(H,14,15). The summed E-state index contributed by atoms with van der Waals surface area (Å²) in [6.45, 7) is 2.10. The summed E-state index contributed by atoms with van der Waals surface area (Å²) in [5, 5.41) is 6.21. The van der Waals surface area contributed by atoms with Crippen molar-refractivity contribution in [2.75, 3.05) is 18.8 Å². The number of amides is 1. The third-order valence-corrected chi connectivity index (χ3v) is 5.84. The molecule has 0 atom stereocenters. The number of rotatable bonds is 4. The van der Waals surface area contributed by atoms with Crippen LogP contribution in [0.4, 0.5) is 0 Å². The van der Waals surface area contributed by atoms with E-state index in [4.69, 9.17) is 4.42 Å². The van der Waals surface area contributed by atoms with Gasteiger partial charge in [0.05, 0.1) is 35.2 Å². The van der Waals surface area contributed by atoms with Crippen molar-refractivity contribution in [3.05, 3.63) is 30.4 Å². The molecule has 1 saturated heterocycles. The van der Waals surface area contributed by atoms with Crippen LogP contribution in [-0.2, 0) is 9.84 Å². The number of H-pyrrole nitrogens is 1. The van der Waals surface area contributed by atoms with Crippen molar-refractivity contribution in [1.29, 1.82) is 0 Å². The largest absolute Gasteiger partial charge is 0.472 e. The number of hydrogen-bond donors (Lipinski definition) is 1. The van der Waals surface area contributed by atoms with Crippen LogP contribution in [0.1, 0.15) is 17.3 Å². The molecule has 7 nitrogen and oxygen atoms in total. The Kier molecular flexibility index (Phi) is 3.32. The molecular weight excluding hydrogens is 294 g/mol. The molecule has 0 bridgehead atoms. The van der Waals surface area contributed by atoms with Crippen molar-refractivity contribution in [3.8, 4) is 11.3 Å². The van der Waals surface area contributed by atoms with Crippen molar-refractivity contribution in [1.82, 2.24) is 15.1 Å². The minimum absolute atomic E-state index is 0.103. The van der Waals surface area contributed by atoms with Gasteiger partial charge in [-0.25, -0.2) is 8.42 Å². The monoisotopic (exact) mass is 309 g/mol. The molecule has 1 aliphatic rings. The zero-order valence-electron chi connectivity index (χ0n) is 11.4. The maximum Gasteiger partial charge on any atom is 0.257 e. The van der Waals surface area contributed by atoms with Crippen LogP contribution in [0.5, 0.6) is 0 Å². The smallest absolute Gasteiger partial charge is 0.257 e. The highest BCUT2D eigenvalue weighted by molar-refractivity contribution is 7.92. The molecule has 112 valence electrons. The van der Waals surface area contributed by atoms with E-state index in [-0.39, 0.29) is 24.7 Å². The van der Waals surface area contributed by atoms with Crippen molar-refractivity contribution in [3.63, 3.8) is 0 Å². The van der Waals surface area contributed by atoms with Crippen LogP contribution in [0.25, 0.3) is 11.3 Å². The Morgan fingerprint density at radius 1 is 1.52 bits per heavy atom. The van der Waals surface area contributed by atoms with E-state index in [0.717, 1.165) is 5.56 Å². The van der Waals surface area contributed by atoms with Crippen LogP contribution in [-0.4, -0.2) is 53.5 Å². The van der Waals surface area contributed by atoms with Crippen LogP contribution in [0, 0.1) is 0 Å². The van der Waals surface area contributed by atoms with Crippen LogP contribution in [0.3, 0.4) is 0 Å². The molecule has 2 aromatic rings. The van der Waals surface area contributed by atoms with Crippen molar-refractivity contribution >= 4 is 15.7 Å². The summed E-state index contributed by atoms with van der Waals surface area (Å²) < 4.78 is 28.4. The summed E-state index contributed by atoms with van der Waals surface area (Å²) in [6, 6.07) is 1.73. The van der Waals surface area contributed by atoms with E-state index in [2.05, 4.69) is 10.2 Å². The molecule has 1 amide bonds. The normalized spacial score (nSPS) is 16.0. The Bertz CT molecular complexity index is 742. The van der Waals surface area contributed by atoms with Crippen molar-refractivity contribution in [2.24, 2.45) is 0 Å². The highest BCUT2D eigenvalue weighted by Gasteiger charge is 2.39. The van der Waals surface area contributed by atoms with Gasteiger partial charge in [0.25, 0.3) is 5.91 Å². The van der Waals surface area contributed by atoms with E-state index in [1.807, 2.05) is 0 Å². The van der Waals surface area contributed by atoms with Crippen LogP contribution < -0.4 is 0 Å². The fourth-order valence-electron chi connectivity index (χ4n) is 2.31. The highest BCUT2D eigenvalue weighted by atomic mass is 32.2. The van der Waals surface area contributed by atoms with E-state index in [1.54, 1.807) is 13.0 Å². The van der Waals surface area contributed by atoms with Crippen LogP contribution in [0.15, 0.2) is 29.2 Å². The summed E-state index contributed by atoms with van der Waals surface area (Å²) in [4.78, 5) is 13.9. The molecule has 1 fully saturated rings. The third-order valence-electron chi connectivity index (χ3n) is 3.73. The zero-order chi connectivity index (χ0) is 15.0. The summed E-state index contributed by atoms with van der Waals surface area (Å²) in [7, 11) is -3.08. The second kappa shape index (κ2) is 5.03. The van der Waals surface area contributed by atoms with E-state index in [1.165, 1.54) is 23.6 Å². The van der Waals surface area contributed by atoms with Crippen molar-refractivity contribution < 1.29 is 17.6 Å². The van der Waals surface area contributed by atoms with Gasteiger partial charge >= 0.3 is 0 Å². The lowest BCUT2D eigenvalue weighted by Gasteiger charge is -2.38. The van der Waals surface area contributed by atoms with Gasteiger partial charge < -0.3 is 9.32 Å². The second-order valence-electron chi connectivity index (χ2n) is 4.95. The van der Waals surface area contributed by atoms with E-state index < -0.39 is 15.1 Å². The van der Waals surface area contributed by atoms with Gasteiger partial charge in [0.2, 0.25) is 0 Å². The predicted molar refractivity (Wildman–Crippen MR) is 75.4 cm³/mol. The maximum absolute atomic E-state index is 12.4. The third kappa shape index (κ3) is 2.35. The highest BCUT2D eigenvalue weighted by Crippen LogP contribution is 2.25. The molecule has 3 rings (SSSR count). The summed E-state index contributed by atoms with van der Waals surface area (Å²) in [5.41, 5.74) is 1.73. The minimum Gasteiger partial charge on any atom is -0.472 e. The molecular formula is C13H15N3O4S. The predicted octanol–water partition coefficient (Wildman–Crippen LogP) is 0.929. The van der Waals surface area contributed by atoms with E-state index in [0.29, 0.717) is 11.3 Å². The fraction of sp³-hybridized carbons (Fsp3) is 0.385. The second-order valence-corrected chi connectivity index (χ2v) is 7.52. The first kappa shape index (κ1) is 13.9. The van der Waals surface area contributed by atoms with E-state index >= 15 is 0 Å². The Labute approximate surface area is 121 Å². The number of hydrogen-bond acceptors (Lipinski definition) is 5. The Morgan fingerprint density at radius 3 is 2.90 bits per heavy atom. The number of sulfone groups is 1. The average molecular weight is 309 g/mol. The Morgan fingerprint density at radius 2 is 2.29 bits per heavy atom. The number of nitrogens with zero attached hydrogens (tertiary/aromatic N) is 2. The minimum atomic E-state index is -3.08. The lowest BCUT2D eigenvalue weighted by molar-refractivity contribution is 0.0660. The van der Waals surface area contributed by atoms with Gasteiger partial charge in [-0.1, -0.05) is 6.92 Å². The first-order valence-electron chi connectivity index (χ1n) is 6.59. The van der Waals surface area contributed by atoms with Crippen LogP contribution >= 0.6 is 0 Å². The zero-order valence-corrected chi connectivity index (χ0v) is 12.3. The topological polar surface area (TPSA) is 96.3 Å². The number of likely N-dealkylation sites (tertiary alicyclic amines) is 1. The Balaban J connectivity index is 1.76. The molecule has 0 radical (unpaired) electrons. The molecule has 0 spiro atoms. The van der Waals surface area contributed by atoms with Crippen LogP contribution in [0.2, 0.25) is 0 Å². The molecule has 1 aliphatic heterocycles. The molecule has 0 aromatic carbocycles. The molecule has 0 saturated carbocycles. The summed E-state index contributed by atoms with van der Waals surface area (Å²) in [6.07, 6.45) is 4.48. The van der Waals surface area contributed by atoms with Gasteiger partial charge in [0.15, 0.2) is 9.84 Å². The number of carbonyl (C=O) groups is 1. The van der Waals surface area contributed by atoms with Gasteiger partial charge in [-0.05, 0) is 6.07 Å². The summed E-state index contributed by atoms with van der Waals surface area (Å²) in [5.74, 6) is -0.117. The quantitative estimate of drug-likeness (QED) is 0.906. The van der Waals surface area contributed by atoms with Gasteiger partial charge in [0.1, 0.15) is 0 Å². The number of carbonyl (C=O) groups excluding carboxylic acids is 1. The molecule has 8 heteroatoms. The number of nitrogens with one attached hydrogen (secondary N) is 1. The number of aromatic nitrogens is 2.